The maximum absolute atomic E-state index is 9.85. The zero-order chi connectivity index (χ0) is 23.6. The topological polar surface area (TPSA) is 129 Å². The maximum atomic E-state index is 9.85. The molecule has 0 radical (unpaired) electrons. The van der Waals surface area contributed by atoms with Gasteiger partial charge in [0.1, 0.15) is 0 Å². The molecule has 0 spiro atoms. The van der Waals surface area contributed by atoms with Crippen molar-refractivity contribution in [3.8, 4) is 34.5 Å². The third-order valence-electron chi connectivity index (χ3n) is 5.09. The van der Waals surface area contributed by atoms with Crippen molar-refractivity contribution in [3.63, 3.8) is 0 Å². The highest BCUT2D eigenvalue weighted by atomic mass is 16.5. The van der Waals surface area contributed by atoms with E-state index in [1.54, 1.807) is 24.3 Å². The van der Waals surface area contributed by atoms with Crippen molar-refractivity contribution in [2.75, 3.05) is 32.0 Å². The first-order valence-corrected chi connectivity index (χ1v) is 10.8. The lowest BCUT2D eigenvalue weighted by Gasteiger charge is -2.23. The number of hydrogen-bond donors (Lipinski definition) is 5. The molecule has 0 bridgehead atoms. The molecule has 0 heterocycles. The molecule has 0 fully saturated rings. The largest absolute Gasteiger partial charge is 0.504 e. The Morgan fingerprint density at radius 3 is 1.64 bits per heavy atom. The average molecular weight is 455 g/mol. The Morgan fingerprint density at radius 2 is 1.15 bits per heavy atom. The first-order chi connectivity index (χ1) is 15.9. The van der Waals surface area contributed by atoms with Gasteiger partial charge in [-0.15, -0.1) is 0 Å². The van der Waals surface area contributed by atoms with Crippen LogP contribution in [0.3, 0.4) is 0 Å². The minimum Gasteiger partial charge on any atom is -0.504 e. The van der Waals surface area contributed by atoms with Crippen molar-refractivity contribution in [1.29, 1.82) is 0 Å². The molecule has 0 aromatic heterocycles. The predicted molar refractivity (Wildman–Crippen MR) is 126 cm³/mol. The molecule has 3 aromatic rings. The highest BCUT2D eigenvalue weighted by molar-refractivity contribution is 5.49. The first-order valence-electron chi connectivity index (χ1n) is 10.8. The van der Waals surface area contributed by atoms with Crippen LogP contribution in [0, 0.1) is 0 Å². The van der Waals surface area contributed by atoms with E-state index < -0.39 is 0 Å². The number of phenolic OH excluding ortho intramolecular Hbond substituents is 4. The number of benzene rings is 3. The van der Waals surface area contributed by atoms with Crippen LogP contribution in [-0.2, 0) is 6.54 Å². The molecular formula is C25H30N2O6. The van der Waals surface area contributed by atoms with Crippen LogP contribution in [-0.4, -0.2) is 51.6 Å². The van der Waals surface area contributed by atoms with Gasteiger partial charge < -0.3 is 35.6 Å². The summed E-state index contributed by atoms with van der Waals surface area (Å²) in [6.07, 6.45) is 1.41. The van der Waals surface area contributed by atoms with E-state index in [1.807, 2.05) is 24.3 Å². The summed E-state index contributed by atoms with van der Waals surface area (Å²) in [4.78, 5) is 2.25. The normalized spacial score (nSPS) is 10.9. The number of aromatic hydroxyl groups is 4. The summed E-state index contributed by atoms with van der Waals surface area (Å²) >= 11 is 0. The van der Waals surface area contributed by atoms with Crippen LogP contribution < -0.4 is 15.2 Å². The summed E-state index contributed by atoms with van der Waals surface area (Å²) < 4.78 is 11.2. The van der Waals surface area contributed by atoms with Gasteiger partial charge in [0.05, 0.1) is 13.2 Å². The third kappa shape index (κ3) is 7.11. The number of para-hydroxylation sites is 2. The molecule has 0 atom stereocenters. The zero-order valence-electron chi connectivity index (χ0n) is 18.4. The van der Waals surface area contributed by atoms with E-state index in [-0.39, 0.29) is 34.5 Å². The van der Waals surface area contributed by atoms with E-state index in [9.17, 15) is 20.4 Å². The number of anilines is 1. The first kappa shape index (κ1) is 23.9. The van der Waals surface area contributed by atoms with Crippen LogP contribution in [0.25, 0.3) is 0 Å². The number of nitrogens with zero attached hydrogens (tertiary/aromatic N) is 1. The van der Waals surface area contributed by atoms with Crippen LogP contribution >= 0.6 is 0 Å². The van der Waals surface area contributed by atoms with Crippen molar-refractivity contribution in [2.24, 2.45) is 0 Å². The lowest BCUT2D eigenvalue weighted by molar-refractivity contribution is 0.203. The van der Waals surface area contributed by atoms with Gasteiger partial charge in [-0.3, -0.25) is 4.90 Å². The van der Waals surface area contributed by atoms with Gasteiger partial charge >= 0.3 is 0 Å². The highest BCUT2D eigenvalue weighted by Gasteiger charge is 2.10. The summed E-state index contributed by atoms with van der Waals surface area (Å²) in [5.74, 6) is -0.448. The summed E-state index contributed by atoms with van der Waals surface area (Å²) in [7, 11) is 0. The van der Waals surface area contributed by atoms with Crippen molar-refractivity contribution in [1.82, 2.24) is 4.90 Å². The van der Waals surface area contributed by atoms with Gasteiger partial charge in [0.2, 0.25) is 11.5 Å². The van der Waals surface area contributed by atoms with Gasteiger partial charge in [-0.1, -0.05) is 24.3 Å². The van der Waals surface area contributed by atoms with Gasteiger partial charge in [0.15, 0.2) is 23.0 Å². The molecule has 3 aromatic carbocycles. The minimum absolute atomic E-state index is 0.213. The monoisotopic (exact) mass is 454 g/mol. The lowest BCUT2D eigenvalue weighted by atomic mass is 10.2. The number of nitrogens with two attached hydrogens (primary N) is 1. The molecule has 3 rings (SSSR count). The maximum Gasteiger partial charge on any atom is 0.200 e. The summed E-state index contributed by atoms with van der Waals surface area (Å²) in [6.45, 7) is 2.95. The van der Waals surface area contributed by atoms with Crippen molar-refractivity contribution in [3.05, 3.63) is 66.2 Å². The number of hydrogen-bond acceptors (Lipinski definition) is 8. The number of ether oxygens (including phenoxy) is 2. The molecule has 176 valence electrons. The van der Waals surface area contributed by atoms with Crippen LogP contribution in [0.5, 0.6) is 34.5 Å². The molecule has 0 aliphatic carbocycles. The van der Waals surface area contributed by atoms with E-state index in [0.717, 1.165) is 25.2 Å². The van der Waals surface area contributed by atoms with Crippen molar-refractivity contribution >= 4 is 5.69 Å². The minimum atomic E-state index is -0.261. The van der Waals surface area contributed by atoms with Gasteiger partial charge in [-0.2, -0.15) is 0 Å². The van der Waals surface area contributed by atoms with E-state index in [1.165, 1.54) is 12.1 Å². The van der Waals surface area contributed by atoms with Crippen molar-refractivity contribution < 1.29 is 29.9 Å². The van der Waals surface area contributed by atoms with Gasteiger partial charge in [-0.05, 0) is 54.8 Å². The van der Waals surface area contributed by atoms with Gasteiger partial charge in [0.25, 0.3) is 0 Å². The Kier molecular flexibility index (Phi) is 8.49. The molecule has 0 saturated heterocycles. The van der Waals surface area contributed by atoms with Crippen molar-refractivity contribution in [2.45, 2.75) is 19.4 Å². The van der Waals surface area contributed by atoms with E-state index in [2.05, 4.69) is 4.90 Å². The van der Waals surface area contributed by atoms with Gasteiger partial charge in [0, 0.05) is 25.3 Å². The molecule has 0 aliphatic rings. The molecule has 0 amide bonds. The van der Waals surface area contributed by atoms with E-state index >= 15 is 0 Å². The predicted octanol–water partition coefficient (Wildman–Crippen LogP) is 3.83. The molecule has 6 N–H and O–H groups in total. The molecule has 0 aliphatic heterocycles. The average Bonchev–Trinajstić information content (AvgIpc) is 2.80. The van der Waals surface area contributed by atoms with Crippen LogP contribution in [0.15, 0.2) is 60.7 Å². The number of nitrogen functional groups attached to an aromatic ring is 1. The standard InChI is InChI=1S/C25H30N2O6/c26-19-11-9-18(10-12-19)17-27(13-3-15-32-22-7-1-5-20(28)24(22)30)14-4-16-33-23-8-2-6-21(29)25(23)31/h1-2,5-12,28-31H,3-4,13-17,26H2. The Bertz CT molecular complexity index is 966. The molecule has 0 unspecified atom stereocenters. The van der Waals surface area contributed by atoms with E-state index in [4.69, 9.17) is 15.2 Å². The zero-order valence-corrected chi connectivity index (χ0v) is 18.4. The Labute approximate surface area is 193 Å². The summed E-state index contributed by atoms with van der Waals surface area (Å²) in [6, 6.07) is 17.0. The fraction of sp³-hybridized carbons (Fsp3) is 0.280. The lowest BCUT2D eigenvalue weighted by Crippen LogP contribution is -2.27. The van der Waals surface area contributed by atoms with Crippen LogP contribution in [0.1, 0.15) is 18.4 Å². The fourth-order valence-corrected chi connectivity index (χ4v) is 3.35. The second-order valence-corrected chi connectivity index (χ2v) is 7.67. The third-order valence-corrected chi connectivity index (χ3v) is 5.09. The molecular weight excluding hydrogens is 424 g/mol. The quantitative estimate of drug-likeness (QED) is 0.159. The smallest absolute Gasteiger partial charge is 0.200 e. The number of phenols is 4. The van der Waals surface area contributed by atoms with E-state index in [0.29, 0.717) is 31.7 Å². The number of rotatable bonds is 12. The summed E-state index contributed by atoms with van der Waals surface area (Å²) in [5.41, 5.74) is 7.63. The fourth-order valence-electron chi connectivity index (χ4n) is 3.35. The highest BCUT2D eigenvalue weighted by Crippen LogP contribution is 2.35. The Balaban J connectivity index is 1.51. The Hall–Kier alpha value is -3.78. The SMILES string of the molecule is Nc1ccc(CN(CCCOc2cccc(O)c2O)CCCOc2cccc(O)c2O)cc1. The molecule has 8 nitrogen and oxygen atoms in total. The summed E-state index contributed by atoms with van der Waals surface area (Å²) in [5, 5.41) is 38.9. The molecule has 8 heteroatoms. The Morgan fingerprint density at radius 1 is 0.667 bits per heavy atom. The second-order valence-electron chi connectivity index (χ2n) is 7.67. The second kappa shape index (κ2) is 11.7. The van der Waals surface area contributed by atoms with Crippen LogP contribution in [0.2, 0.25) is 0 Å². The molecule has 33 heavy (non-hydrogen) atoms. The van der Waals surface area contributed by atoms with Gasteiger partial charge in [-0.25, -0.2) is 0 Å². The molecule has 0 saturated carbocycles. The van der Waals surface area contributed by atoms with Crippen LogP contribution in [0.4, 0.5) is 5.69 Å².